The maximum absolute atomic E-state index is 12.4. The Labute approximate surface area is 157 Å². The van der Waals surface area contributed by atoms with Gasteiger partial charge in [-0.15, -0.1) is 0 Å². The van der Waals surface area contributed by atoms with Crippen molar-refractivity contribution in [1.29, 1.82) is 0 Å². The molecule has 5 heteroatoms. The van der Waals surface area contributed by atoms with Gasteiger partial charge in [0.2, 0.25) is 0 Å². The Bertz CT molecular complexity index is 725. The summed E-state index contributed by atoms with van der Waals surface area (Å²) in [5.74, 6) is 0. The number of nitrogens with one attached hydrogen (secondary N) is 1. The number of urea groups is 1. The Balaban J connectivity index is 1.44. The smallest absolute Gasteiger partial charge is 0.321 e. The molecule has 0 aromatic heterocycles. The molecule has 130 valence electrons. The summed E-state index contributed by atoms with van der Waals surface area (Å²) in [6.07, 6.45) is 4.33. The first-order chi connectivity index (χ1) is 12.2. The lowest BCUT2D eigenvalue weighted by atomic mass is 10.2. The standard InChI is InChI=1S/C20H22BrN3O/c21-18-10-4-5-11-19(18)22-20(25)24-15-13-23(14-16-24)12-6-9-17-7-2-1-3-8-17/h1-11H,12-16H2,(H,22,25)/b9-6-. The zero-order valence-corrected chi connectivity index (χ0v) is 15.7. The number of benzene rings is 2. The van der Waals surface area contributed by atoms with Crippen LogP contribution in [0.15, 0.2) is 65.1 Å². The number of hydrogen-bond acceptors (Lipinski definition) is 2. The zero-order chi connectivity index (χ0) is 17.5. The third kappa shape index (κ3) is 5.18. The first kappa shape index (κ1) is 17.7. The second-order valence-electron chi connectivity index (χ2n) is 6.01. The molecule has 1 aliphatic rings. The summed E-state index contributed by atoms with van der Waals surface area (Å²) in [5, 5.41) is 2.97. The number of nitrogens with zero attached hydrogens (tertiary/aromatic N) is 2. The Morgan fingerprint density at radius 3 is 2.40 bits per heavy atom. The van der Waals surface area contributed by atoms with Crippen LogP contribution in [-0.4, -0.2) is 48.6 Å². The van der Waals surface area contributed by atoms with Gasteiger partial charge in [-0.1, -0.05) is 54.6 Å². The molecule has 0 unspecified atom stereocenters. The van der Waals surface area contributed by atoms with E-state index in [-0.39, 0.29) is 6.03 Å². The highest BCUT2D eigenvalue weighted by Crippen LogP contribution is 2.21. The molecule has 3 rings (SSSR count). The van der Waals surface area contributed by atoms with Crippen molar-refractivity contribution < 1.29 is 4.79 Å². The van der Waals surface area contributed by atoms with E-state index in [0.717, 1.165) is 42.9 Å². The molecule has 4 nitrogen and oxygen atoms in total. The summed E-state index contributed by atoms with van der Waals surface area (Å²) < 4.78 is 0.896. The Morgan fingerprint density at radius 2 is 1.68 bits per heavy atom. The third-order valence-electron chi connectivity index (χ3n) is 4.25. The number of halogens is 1. The van der Waals surface area contributed by atoms with E-state index in [1.165, 1.54) is 5.56 Å². The summed E-state index contributed by atoms with van der Waals surface area (Å²) in [5.41, 5.74) is 2.02. The third-order valence-corrected chi connectivity index (χ3v) is 4.94. The average molecular weight is 400 g/mol. The molecule has 2 aromatic carbocycles. The lowest BCUT2D eigenvalue weighted by Crippen LogP contribution is -2.49. The SMILES string of the molecule is O=C(Nc1ccccc1Br)N1CCN(C/C=C\c2ccccc2)CC1. The summed E-state index contributed by atoms with van der Waals surface area (Å²) in [4.78, 5) is 16.6. The molecule has 1 fully saturated rings. The fraction of sp³-hybridized carbons (Fsp3) is 0.250. The molecule has 0 radical (unpaired) electrons. The van der Waals surface area contributed by atoms with Gasteiger partial charge in [-0.2, -0.15) is 0 Å². The number of carbonyl (C=O) groups is 1. The van der Waals surface area contributed by atoms with Crippen LogP contribution in [0.3, 0.4) is 0 Å². The molecular weight excluding hydrogens is 378 g/mol. The Morgan fingerprint density at radius 1 is 1.00 bits per heavy atom. The lowest BCUT2D eigenvalue weighted by molar-refractivity contribution is 0.156. The molecular formula is C20H22BrN3O. The molecule has 1 heterocycles. The molecule has 1 saturated heterocycles. The largest absolute Gasteiger partial charge is 0.322 e. The minimum Gasteiger partial charge on any atom is -0.322 e. The highest BCUT2D eigenvalue weighted by molar-refractivity contribution is 9.10. The van der Waals surface area contributed by atoms with E-state index in [0.29, 0.717) is 0 Å². The summed E-state index contributed by atoms with van der Waals surface area (Å²) in [6.45, 7) is 4.19. The number of amides is 2. The number of anilines is 1. The monoisotopic (exact) mass is 399 g/mol. The van der Waals surface area contributed by atoms with Crippen molar-refractivity contribution in [1.82, 2.24) is 9.80 Å². The van der Waals surface area contributed by atoms with Crippen LogP contribution >= 0.6 is 15.9 Å². The summed E-state index contributed by atoms with van der Waals surface area (Å²) in [6, 6.07) is 17.9. The summed E-state index contributed by atoms with van der Waals surface area (Å²) >= 11 is 3.46. The maximum Gasteiger partial charge on any atom is 0.321 e. The topological polar surface area (TPSA) is 35.6 Å². The van der Waals surface area contributed by atoms with Gasteiger partial charge in [-0.3, -0.25) is 4.90 Å². The van der Waals surface area contributed by atoms with Crippen molar-refractivity contribution in [2.75, 3.05) is 38.0 Å². The van der Waals surface area contributed by atoms with Crippen molar-refractivity contribution in [3.63, 3.8) is 0 Å². The highest BCUT2D eigenvalue weighted by Gasteiger charge is 2.20. The first-order valence-electron chi connectivity index (χ1n) is 8.47. The van der Waals surface area contributed by atoms with Crippen LogP contribution in [0.2, 0.25) is 0 Å². The predicted octanol–water partition coefficient (Wildman–Crippen LogP) is 4.31. The molecule has 2 amide bonds. The fourth-order valence-corrected chi connectivity index (χ4v) is 3.18. The van der Waals surface area contributed by atoms with Gasteiger partial charge >= 0.3 is 6.03 Å². The molecule has 0 saturated carbocycles. The van der Waals surface area contributed by atoms with Crippen LogP contribution in [0.25, 0.3) is 6.08 Å². The van der Waals surface area contributed by atoms with Gasteiger partial charge in [0.15, 0.2) is 0 Å². The minimum absolute atomic E-state index is 0.0358. The molecule has 1 N–H and O–H groups in total. The predicted molar refractivity (Wildman–Crippen MR) is 107 cm³/mol. The van der Waals surface area contributed by atoms with Gasteiger partial charge in [0.05, 0.1) is 5.69 Å². The van der Waals surface area contributed by atoms with Gasteiger partial charge in [-0.25, -0.2) is 4.79 Å². The Kier molecular flexibility index (Phi) is 6.25. The highest BCUT2D eigenvalue weighted by atomic mass is 79.9. The van der Waals surface area contributed by atoms with Gasteiger partial charge in [0, 0.05) is 37.2 Å². The van der Waals surface area contributed by atoms with Crippen LogP contribution < -0.4 is 5.32 Å². The second-order valence-corrected chi connectivity index (χ2v) is 6.87. The number of piperazine rings is 1. The number of hydrogen-bond donors (Lipinski definition) is 1. The van der Waals surface area contributed by atoms with E-state index in [2.05, 4.69) is 50.4 Å². The van der Waals surface area contributed by atoms with E-state index in [1.807, 2.05) is 47.4 Å². The minimum atomic E-state index is -0.0358. The number of rotatable bonds is 4. The van der Waals surface area contributed by atoms with Gasteiger partial charge < -0.3 is 10.2 Å². The van der Waals surface area contributed by atoms with Crippen LogP contribution in [-0.2, 0) is 0 Å². The molecule has 25 heavy (non-hydrogen) atoms. The number of para-hydroxylation sites is 1. The van der Waals surface area contributed by atoms with Crippen molar-refractivity contribution >= 4 is 33.7 Å². The van der Waals surface area contributed by atoms with E-state index in [4.69, 9.17) is 0 Å². The molecule has 2 aromatic rings. The van der Waals surface area contributed by atoms with Crippen molar-refractivity contribution in [2.24, 2.45) is 0 Å². The van der Waals surface area contributed by atoms with Crippen LogP contribution in [0, 0.1) is 0 Å². The van der Waals surface area contributed by atoms with Crippen molar-refractivity contribution in [3.05, 3.63) is 70.7 Å². The van der Waals surface area contributed by atoms with Crippen LogP contribution in [0.5, 0.6) is 0 Å². The molecule has 0 bridgehead atoms. The van der Waals surface area contributed by atoms with Gasteiger partial charge in [-0.05, 0) is 33.6 Å². The van der Waals surface area contributed by atoms with E-state index >= 15 is 0 Å². The van der Waals surface area contributed by atoms with E-state index < -0.39 is 0 Å². The maximum atomic E-state index is 12.4. The fourth-order valence-electron chi connectivity index (χ4n) is 2.79. The lowest BCUT2D eigenvalue weighted by Gasteiger charge is -2.34. The molecule has 0 spiro atoms. The van der Waals surface area contributed by atoms with Crippen LogP contribution in [0.1, 0.15) is 5.56 Å². The molecule has 0 aliphatic carbocycles. The quantitative estimate of drug-likeness (QED) is 0.830. The molecule has 1 aliphatic heterocycles. The van der Waals surface area contributed by atoms with E-state index in [1.54, 1.807) is 0 Å². The zero-order valence-electron chi connectivity index (χ0n) is 14.1. The van der Waals surface area contributed by atoms with Gasteiger partial charge in [0.1, 0.15) is 0 Å². The van der Waals surface area contributed by atoms with Crippen molar-refractivity contribution in [3.8, 4) is 0 Å². The van der Waals surface area contributed by atoms with E-state index in [9.17, 15) is 4.79 Å². The van der Waals surface area contributed by atoms with Gasteiger partial charge in [0.25, 0.3) is 0 Å². The first-order valence-corrected chi connectivity index (χ1v) is 9.26. The Hall–Kier alpha value is -2.11. The molecule has 0 atom stereocenters. The van der Waals surface area contributed by atoms with Crippen molar-refractivity contribution in [2.45, 2.75) is 0 Å². The van der Waals surface area contributed by atoms with Crippen LogP contribution in [0.4, 0.5) is 10.5 Å². The second kappa shape index (κ2) is 8.83. The summed E-state index contributed by atoms with van der Waals surface area (Å²) in [7, 11) is 0. The average Bonchev–Trinajstić information content (AvgIpc) is 2.65. The number of carbonyl (C=O) groups excluding carboxylic acids is 1. The normalized spacial score (nSPS) is 15.5.